The first-order valence-corrected chi connectivity index (χ1v) is 11.0. The average Bonchev–Trinajstić information content (AvgIpc) is 2.65. The maximum Gasteiger partial charge on any atom is 0.460 e. The van der Waals surface area contributed by atoms with Gasteiger partial charge in [0, 0.05) is 0 Å². The zero-order chi connectivity index (χ0) is 29.2. The molecule has 210 valence electrons. The molecule has 21 heteroatoms. The molecule has 0 N–H and O–H groups in total. The molecule has 0 aromatic heterocycles. The summed E-state index contributed by atoms with van der Waals surface area (Å²) in [6, 6.07) is 2.48. The van der Waals surface area contributed by atoms with Crippen molar-refractivity contribution in [2.24, 2.45) is 0 Å². The van der Waals surface area contributed by atoms with Crippen molar-refractivity contribution in [2.45, 2.75) is 58.8 Å². The number of aryl methyl sites for hydroxylation is 1. The number of hydrogen-bond acceptors (Lipinski definition) is 3. The van der Waals surface area contributed by atoms with Crippen LogP contribution < -0.4 is 0 Å². The van der Waals surface area contributed by atoms with Crippen molar-refractivity contribution >= 4 is 19.7 Å². The second-order valence-corrected chi connectivity index (χ2v) is 10.7. The molecule has 0 unspecified atom stereocenters. The molecule has 0 aliphatic heterocycles. The van der Waals surface area contributed by atoms with Gasteiger partial charge in [-0.3, -0.25) is 0 Å². The molecule has 0 aliphatic carbocycles. The number of halogens is 17. The fourth-order valence-electron chi connectivity index (χ4n) is 2.09. The Bertz CT molecular complexity index is 1060. The third kappa shape index (κ3) is 4.57. The minimum Gasteiger partial charge on any atom is -0.212 e. The zero-order valence-corrected chi connectivity index (χ0v) is 18.0. The van der Waals surface area contributed by atoms with Crippen molar-refractivity contribution in [3.05, 3.63) is 29.8 Å². The molecule has 1 aromatic carbocycles. The normalized spacial score (nSPS) is 15.8. The molecule has 0 saturated heterocycles. The van der Waals surface area contributed by atoms with Crippen LogP contribution in [0.25, 0.3) is 0 Å². The van der Waals surface area contributed by atoms with Crippen LogP contribution in [0.15, 0.2) is 29.2 Å². The van der Waals surface area contributed by atoms with E-state index >= 15 is 0 Å². The maximum atomic E-state index is 13.9. The van der Waals surface area contributed by atoms with E-state index in [0.717, 1.165) is 12.1 Å². The fraction of sp³-hybridized carbons (Fsp3) is 0.600. The molecule has 0 radical (unpaired) electrons. The van der Waals surface area contributed by atoms with Crippen LogP contribution in [0.4, 0.5) is 74.6 Å². The summed E-state index contributed by atoms with van der Waals surface area (Å²) in [4.78, 5) is -1.36. The zero-order valence-electron chi connectivity index (χ0n) is 16.4. The molecule has 0 bridgehead atoms. The first-order valence-electron chi connectivity index (χ1n) is 8.19. The molecule has 0 saturated carbocycles. The van der Waals surface area contributed by atoms with Gasteiger partial charge in [0.05, 0.1) is 15.7 Å². The second-order valence-electron chi connectivity index (χ2n) is 6.81. The van der Waals surface area contributed by atoms with Crippen molar-refractivity contribution < 1.29 is 83.1 Å². The van der Waals surface area contributed by atoms with E-state index in [1.807, 2.05) is 0 Å². The number of rotatable bonds is 9. The third-order valence-corrected chi connectivity index (χ3v) is 7.62. The van der Waals surface area contributed by atoms with Gasteiger partial charge in [0.15, 0.2) is 0 Å². The van der Waals surface area contributed by atoms with Gasteiger partial charge in [-0.2, -0.15) is 74.6 Å². The molecule has 1 aromatic rings. The lowest BCUT2D eigenvalue weighted by atomic mass is 9.91. The highest BCUT2D eigenvalue weighted by molar-refractivity contribution is 8.72. The first kappa shape index (κ1) is 32.4. The van der Waals surface area contributed by atoms with E-state index in [4.69, 9.17) is 0 Å². The highest BCUT2D eigenvalue weighted by atomic mass is 33.1. The molecule has 0 atom stereocenters. The van der Waals surface area contributed by atoms with E-state index in [1.165, 1.54) is 6.92 Å². The predicted octanol–water partition coefficient (Wildman–Crippen LogP) is 7.38. The van der Waals surface area contributed by atoms with Crippen LogP contribution in [-0.4, -0.2) is 55.4 Å². The smallest absolute Gasteiger partial charge is 0.212 e. The topological polar surface area (TPSA) is 34.1 Å². The summed E-state index contributed by atoms with van der Waals surface area (Å²) in [7, 11) is -8.47. The summed E-state index contributed by atoms with van der Waals surface area (Å²) in [6.45, 7) is 1.27. The molecule has 0 fully saturated rings. The van der Waals surface area contributed by atoms with Crippen LogP contribution in [0.1, 0.15) is 5.56 Å². The Morgan fingerprint density at radius 1 is 0.528 bits per heavy atom. The van der Waals surface area contributed by atoms with Crippen LogP contribution in [-0.2, 0) is 8.87 Å². The minimum atomic E-state index is -8.78. The summed E-state index contributed by atoms with van der Waals surface area (Å²) in [6.07, 6.45) is -7.85. The molecule has 0 spiro atoms. The Hall–Kier alpha value is -1.67. The van der Waals surface area contributed by atoms with Gasteiger partial charge in [-0.25, -0.2) is 8.42 Å². The van der Waals surface area contributed by atoms with Crippen molar-refractivity contribution in [1.82, 2.24) is 0 Å². The van der Waals surface area contributed by atoms with Crippen LogP contribution in [0, 0.1) is 6.92 Å². The van der Waals surface area contributed by atoms with E-state index in [-0.39, 0.29) is 5.56 Å². The summed E-state index contributed by atoms with van der Waals surface area (Å²) in [5.41, 5.74) is 0.209. The highest BCUT2D eigenvalue weighted by Crippen LogP contribution is 2.65. The monoisotopic (exact) mass is 606 g/mol. The number of alkyl halides is 17. The van der Waals surface area contributed by atoms with E-state index in [9.17, 15) is 83.1 Å². The van der Waals surface area contributed by atoms with Crippen LogP contribution in [0.3, 0.4) is 0 Å². The Morgan fingerprint density at radius 2 is 0.833 bits per heavy atom. The van der Waals surface area contributed by atoms with E-state index in [2.05, 4.69) is 0 Å². The lowest BCUT2D eigenvalue weighted by molar-refractivity contribution is -0.457. The van der Waals surface area contributed by atoms with Gasteiger partial charge >= 0.3 is 47.0 Å². The van der Waals surface area contributed by atoms with Crippen molar-refractivity contribution in [3.63, 3.8) is 0 Å². The minimum absolute atomic E-state index is 0.209. The van der Waals surface area contributed by atoms with Gasteiger partial charge in [-0.1, -0.05) is 17.7 Å². The third-order valence-electron chi connectivity index (χ3n) is 4.22. The van der Waals surface area contributed by atoms with Gasteiger partial charge < -0.3 is 0 Å². The molecule has 0 amide bonds. The molecule has 1 rings (SSSR count). The number of benzene rings is 1. The Morgan fingerprint density at radius 3 is 1.17 bits per heavy atom. The van der Waals surface area contributed by atoms with E-state index in [0.29, 0.717) is 12.1 Å². The number of hydrogen-bond donors (Lipinski definition) is 0. The molecule has 36 heavy (non-hydrogen) atoms. The summed E-state index contributed by atoms with van der Waals surface area (Å²) >= 11 is 0. The molecule has 0 heterocycles. The Balaban J connectivity index is 3.63. The Kier molecular flexibility index (Phi) is 7.81. The van der Waals surface area contributed by atoms with Gasteiger partial charge in [0.25, 0.3) is 0 Å². The second kappa shape index (κ2) is 8.69. The van der Waals surface area contributed by atoms with Crippen LogP contribution in [0.2, 0.25) is 0 Å². The average molecular weight is 606 g/mol. The van der Waals surface area contributed by atoms with Crippen LogP contribution in [0.5, 0.6) is 0 Å². The lowest BCUT2D eigenvalue weighted by Gasteiger charge is -2.42. The predicted molar refractivity (Wildman–Crippen MR) is 86.6 cm³/mol. The van der Waals surface area contributed by atoms with Crippen molar-refractivity contribution in [1.29, 1.82) is 0 Å². The quantitative estimate of drug-likeness (QED) is 0.217. The summed E-state index contributed by atoms with van der Waals surface area (Å²) in [5, 5.41) is -7.10. The maximum absolute atomic E-state index is 13.9. The molecular weight excluding hydrogens is 599 g/mol. The molecule has 0 aliphatic rings. The standard InChI is InChI=1S/C15H7F17O2S2/c1-6-2-4-7(5-3-6)36(33,34)35-15(31,32)13(26,27)11(22,23)9(18,19)8(16,17)10(20,21)12(24,25)14(28,29)30/h2-5H,1H3. The first-order chi connectivity index (χ1) is 15.5. The largest absolute Gasteiger partial charge is 0.460 e. The fourth-order valence-corrected chi connectivity index (χ4v) is 4.93. The van der Waals surface area contributed by atoms with Crippen molar-refractivity contribution in [3.8, 4) is 0 Å². The molecule has 2 nitrogen and oxygen atoms in total. The highest BCUT2D eigenvalue weighted by Gasteiger charge is 2.95. The SMILES string of the molecule is Cc1ccc(S(=O)(=O)SC(F)(F)C(F)(F)C(F)(F)C(F)(F)C(F)(F)C(F)(F)C(F)(F)C(F)(F)F)cc1. The van der Waals surface area contributed by atoms with Gasteiger partial charge in [-0.15, -0.1) is 0 Å². The lowest BCUT2D eigenvalue weighted by Crippen LogP contribution is -2.74. The van der Waals surface area contributed by atoms with Gasteiger partial charge in [-0.05, 0) is 19.1 Å². The molecular formula is C15H7F17O2S2. The van der Waals surface area contributed by atoms with Crippen LogP contribution >= 0.6 is 10.8 Å². The Labute approximate surface area is 192 Å². The van der Waals surface area contributed by atoms with Gasteiger partial charge in [0.2, 0.25) is 8.87 Å². The summed E-state index contributed by atoms with van der Waals surface area (Å²) < 4.78 is 248. The van der Waals surface area contributed by atoms with E-state index < -0.39 is 71.5 Å². The summed E-state index contributed by atoms with van der Waals surface area (Å²) in [5.74, 6) is -51.1. The van der Waals surface area contributed by atoms with Gasteiger partial charge in [0.1, 0.15) is 0 Å². The van der Waals surface area contributed by atoms with Crippen molar-refractivity contribution in [2.75, 3.05) is 0 Å². The van der Waals surface area contributed by atoms with E-state index in [1.54, 1.807) is 0 Å².